The normalized spacial score (nSPS) is 31.1. The van der Waals surface area contributed by atoms with Gasteiger partial charge in [-0.25, -0.2) is 0 Å². The van der Waals surface area contributed by atoms with Crippen LogP contribution in [0.2, 0.25) is 0 Å². The van der Waals surface area contributed by atoms with Gasteiger partial charge in [0.2, 0.25) is 5.91 Å². The number of hydrogen-bond donors (Lipinski definition) is 12. The van der Waals surface area contributed by atoms with E-state index < -0.39 is 124 Å². The van der Waals surface area contributed by atoms with Crippen molar-refractivity contribution in [2.24, 2.45) is 0 Å². The topological polar surface area (TPSA) is 307 Å². The Morgan fingerprint density at radius 2 is 0.872 bits per heavy atom. The van der Waals surface area contributed by atoms with Crippen LogP contribution in [0.5, 0.6) is 0 Å². The fraction of sp³-hybridized carbons (Fsp3) is 0.746. The first kappa shape index (κ1) is 69.2. The van der Waals surface area contributed by atoms with Crippen molar-refractivity contribution in [1.29, 1.82) is 0 Å². The average molecular weight is 1110 g/mol. The van der Waals surface area contributed by atoms with Gasteiger partial charge in [-0.05, 0) is 64.2 Å². The second kappa shape index (κ2) is 41.9. The number of unbranched alkanes of at least 4 members (excludes halogenated alkanes) is 10. The summed E-state index contributed by atoms with van der Waals surface area (Å²) in [7, 11) is 0. The van der Waals surface area contributed by atoms with Crippen LogP contribution in [0.1, 0.15) is 149 Å². The highest BCUT2D eigenvalue weighted by Crippen LogP contribution is 2.33. The monoisotopic (exact) mass is 1110 g/mol. The van der Waals surface area contributed by atoms with E-state index >= 15 is 0 Å². The molecule has 12 N–H and O–H groups in total. The molecule has 0 bridgehead atoms. The number of aliphatic hydroxyl groups is 11. The number of carbonyl (C=O) groups is 1. The lowest BCUT2D eigenvalue weighted by Gasteiger charge is -2.48. The Bertz CT molecular complexity index is 1750. The van der Waals surface area contributed by atoms with Crippen molar-refractivity contribution in [2.45, 2.75) is 253 Å². The van der Waals surface area contributed by atoms with Crippen molar-refractivity contribution in [3.05, 3.63) is 85.1 Å². The van der Waals surface area contributed by atoms with Crippen molar-refractivity contribution in [3.63, 3.8) is 0 Å². The van der Waals surface area contributed by atoms with Crippen LogP contribution in [-0.2, 0) is 33.2 Å². The summed E-state index contributed by atoms with van der Waals surface area (Å²) in [6, 6.07) is -0.921. The highest BCUT2D eigenvalue weighted by Gasteiger charge is 2.53. The third kappa shape index (κ3) is 25.8. The summed E-state index contributed by atoms with van der Waals surface area (Å²) in [5.41, 5.74) is 0. The van der Waals surface area contributed by atoms with Gasteiger partial charge in [-0.1, -0.05) is 163 Å². The first-order chi connectivity index (χ1) is 37.8. The first-order valence-corrected chi connectivity index (χ1v) is 28.8. The maximum atomic E-state index is 13.3. The van der Waals surface area contributed by atoms with Crippen molar-refractivity contribution < 1.29 is 89.4 Å². The Kier molecular flexibility index (Phi) is 37.2. The highest BCUT2D eigenvalue weighted by atomic mass is 16.8. The lowest BCUT2D eigenvalue weighted by Crippen LogP contribution is -2.66. The van der Waals surface area contributed by atoms with Gasteiger partial charge < -0.3 is 89.9 Å². The minimum atomic E-state index is -1.98. The van der Waals surface area contributed by atoms with E-state index in [0.717, 1.165) is 70.6 Å². The molecular formula is C59H99NO18. The molecule has 0 radical (unpaired) electrons. The Hall–Kier alpha value is -3.03. The quantitative estimate of drug-likeness (QED) is 0.0299. The molecule has 19 nitrogen and oxygen atoms in total. The van der Waals surface area contributed by atoms with E-state index in [9.17, 15) is 61.0 Å². The van der Waals surface area contributed by atoms with E-state index in [1.165, 1.54) is 32.1 Å². The maximum Gasteiger partial charge on any atom is 0.220 e. The third-order valence-corrected chi connectivity index (χ3v) is 14.0. The molecule has 3 heterocycles. The predicted molar refractivity (Wildman–Crippen MR) is 295 cm³/mol. The van der Waals surface area contributed by atoms with Gasteiger partial charge in [0.05, 0.1) is 38.6 Å². The van der Waals surface area contributed by atoms with Gasteiger partial charge in [0.25, 0.3) is 0 Å². The summed E-state index contributed by atoms with van der Waals surface area (Å²) in [5, 5.41) is 120. The molecule has 0 spiro atoms. The molecule has 448 valence electrons. The molecule has 0 aromatic carbocycles. The Morgan fingerprint density at radius 3 is 1.33 bits per heavy atom. The second-order valence-electron chi connectivity index (χ2n) is 20.4. The van der Waals surface area contributed by atoms with Crippen LogP contribution in [0.25, 0.3) is 0 Å². The molecule has 1 amide bonds. The first-order valence-electron chi connectivity index (χ1n) is 28.8. The molecule has 3 aliphatic rings. The molecule has 3 rings (SSSR count). The van der Waals surface area contributed by atoms with Crippen LogP contribution < -0.4 is 5.32 Å². The van der Waals surface area contributed by atoms with E-state index in [1.54, 1.807) is 0 Å². The smallest absolute Gasteiger partial charge is 0.220 e. The molecular weight excluding hydrogens is 1010 g/mol. The van der Waals surface area contributed by atoms with Gasteiger partial charge in [0, 0.05) is 6.42 Å². The summed E-state index contributed by atoms with van der Waals surface area (Å²) in [4.78, 5) is 13.3. The van der Waals surface area contributed by atoms with Crippen LogP contribution in [0.3, 0.4) is 0 Å². The SMILES string of the molecule is CC/C=C\C/C=C\C/C=C\C/C=C\C/C=C\C/C=C\C/C=C\CCCC(=O)NC(COC1OC(CO)C(OC2OC(CO)C(OC3OC(CO)C(O)C(O)C3O)C(O)C2O)C(O)C1O)C(O)CCCCCCCCCCCC. The lowest BCUT2D eigenvalue weighted by molar-refractivity contribution is -0.379. The molecule has 0 saturated carbocycles. The number of carbonyl (C=O) groups excluding carboxylic acids is 1. The second-order valence-corrected chi connectivity index (χ2v) is 20.4. The summed E-state index contributed by atoms with van der Waals surface area (Å²) < 4.78 is 34.2. The molecule has 3 saturated heterocycles. The number of rotatable bonds is 40. The van der Waals surface area contributed by atoms with Gasteiger partial charge in [0.15, 0.2) is 18.9 Å². The van der Waals surface area contributed by atoms with E-state index in [4.69, 9.17) is 28.4 Å². The van der Waals surface area contributed by atoms with Gasteiger partial charge in [0.1, 0.15) is 73.2 Å². The molecule has 78 heavy (non-hydrogen) atoms. The van der Waals surface area contributed by atoms with E-state index in [0.29, 0.717) is 25.7 Å². The minimum absolute atomic E-state index is 0.181. The van der Waals surface area contributed by atoms with Crippen LogP contribution in [-0.4, -0.2) is 193 Å². The molecule has 3 aliphatic heterocycles. The Labute approximate surface area is 463 Å². The van der Waals surface area contributed by atoms with E-state index in [2.05, 4.69) is 98.2 Å². The van der Waals surface area contributed by atoms with Gasteiger partial charge >= 0.3 is 0 Å². The largest absolute Gasteiger partial charge is 0.394 e. The molecule has 3 fully saturated rings. The number of allylic oxidation sites excluding steroid dienone is 14. The van der Waals surface area contributed by atoms with Crippen molar-refractivity contribution in [3.8, 4) is 0 Å². The fourth-order valence-electron chi connectivity index (χ4n) is 9.24. The van der Waals surface area contributed by atoms with Gasteiger partial charge in [-0.15, -0.1) is 0 Å². The zero-order valence-electron chi connectivity index (χ0n) is 46.4. The van der Waals surface area contributed by atoms with Gasteiger partial charge in [-0.2, -0.15) is 0 Å². The summed E-state index contributed by atoms with van der Waals surface area (Å²) in [6.07, 6.45) is 22.6. The summed E-state index contributed by atoms with van der Waals surface area (Å²) in [6.45, 7) is 1.57. The highest BCUT2D eigenvalue weighted by molar-refractivity contribution is 5.76. The number of aliphatic hydroxyl groups excluding tert-OH is 11. The lowest BCUT2D eigenvalue weighted by atomic mass is 9.96. The summed E-state index contributed by atoms with van der Waals surface area (Å²) >= 11 is 0. The standard InChI is InChI=1S/C59H99NO18/c1-3-5-7-9-11-13-15-16-17-18-19-20-21-22-23-24-25-26-27-29-31-33-35-37-47(65)60-42(43(64)36-34-32-30-28-14-12-10-8-6-4-2)41-73-57-53(71)50(68)55(45(39-62)75-57)78-59-54(72)51(69)56(46(40-63)76-59)77-58-52(70)49(67)48(66)44(38-61)74-58/h5,7,11,13,16-17,19-20,22-23,25-26,29,31,42-46,48-59,61-64,66-72H,3-4,6,8-10,12,14-15,18,21,24,27-28,30,32-41H2,1-2H3,(H,60,65)/b7-5-,13-11-,17-16-,20-19-,23-22-,26-25-,31-29-. The molecule has 17 unspecified atom stereocenters. The zero-order valence-corrected chi connectivity index (χ0v) is 46.4. The zero-order chi connectivity index (χ0) is 56.9. The molecule has 0 aromatic heterocycles. The molecule has 0 aliphatic carbocycles. The predicted octanol–water partition coefficient (Wildman–Crippen LogP) is 4.42. The Morgan fingerprint density at radius 1 is 0.474 bits per heavy atom. The van der Waals surface area contributed by atoms with Crippen LogP contribution >= 0.6 is 0 Å². The number of amides is 1. The van der Waals surface area contributed by atoms with Gasteiger partial charge in [-0.3, -0.25) is 4.79 Å². The van der Waals surface area contributed by atoms with Crippen LogP contribution in [0.15, 0.2) is 85.1 Å². The third-order valence-electron chi connectivity index (χ3n) is 14.0. The molecule has 19 heteroatoms. The van der Waals surface area contributed by atoms with Crippen molar-refractivity contribution >= 4 is 5.91 Å². The minimum Gasteiger partial charge on any atom is -0.394 e. The van der Waals surface area contributed by atoms with E-state index in [-0.39, 0.29) is 18.9 Å². The van der Waals surface area contributed by atoms with Crippen molar-refractivity contribution in [1.82, 2.24) is 5.32 Å². The number of ether oxygens (including phenoxy) is 6. The molecule has 0 aromatic rings. The number of nitrogens with one attached hydrogen (secondary N) is 1. The summed E-state index contributed by atoms with van der Waals surface area (Å²) in [5.74, 6) is -0.307. The van der Waals surface area contributed by atoms with Crippen LogP contribution in [0.4, 0.5) is 0 Å². The average Bonchev–Trinajstić information content (AvgIpc) is 3.49. The van der Waals surface area contributed by atoms with E-state index in [1.807, 2.05) is 6.08 Å². The van der Waals surface area contributed by atoms with Crippen molar-refractivity contribution in [2.75, 3.05) is 26.4 Å². The molecule has 17 atom stereocenters. The van der Waals surface area contributed by atoms with Crippen LogP contribution in [0, 0.1) is 0 Å². The number of hydrogen-bond acceptors (Lipinski definition) is 18. The maximum absolute atomic E-state index is 13.3. The Balaban J connectivity index is 1.50. The fourth-order valence-corrected chi connectivity index (χ4v) is 9.24.